The van der Waals surface area contributed by atoms with Crippen LogP contribution in [0.5, 0.6) is 0 Å². The van der Waals surface area contributed by atoms with Gasteiger partial charge in [0.2, 0.25) is 5.60 Å². The lowest BCUT2D eigenvalue weighted by Gasteiger charge is -2.55. The second-order valence-corrected chi connectivity index (χ2v) is 13.0. The molecular weight excluding hydrogens is 681 g/mol. The van der Waals surface area contributed by atoms with Crippen molar-refractivity contribution in [1.29, 1.82) is 0 Å². The van der Waals surface area contributed by atoms with Gasteiger partial charge in [0.1, 0.15) is 23.3 Å². The van der Waals surface area contributed by atoms with Crippen LogP contribution in [-0.2, 0) is 4.65 Å². The lowest BCUT2D eigenvalue weighted by molar-refractivity contribution is -0.982. The fourth-order valence-electron chi connectivity index (χ4n) is 6.55. The van der Waals surface area contributed by atoms with Crippen LogP contribution in [0.3, 0.4) is 0 Å². The second-order valence-electron chi connectivity index (χ2n) is 13.0. The Balaban J connectivity index is 0.000000461. The Hall–Kier alpha value is -2.70. The Labute approximate surface area is 258 Å². The van der Waals surface area contributed by atoms with Gasteiger partial charge < -0.3 is 9.55 Å². The summed E-state index contributed by atoms with van der Waals surface area (Å²) in [6.07, 6.45) is -20.3. The molecule has 47 heavy (non-hydrogen) atoms. The number of likely N-dealkylation sites (tertiary alicyclic amines) is 1. The quantitative estimate of drug-likeness (QED) is 0.153. The van der Waals surface area contributed by atoms with Crippen molar-refractivity contribution in [2.24, 2.45) is 0 Å². The summed E-state index contributed by atoms with van der Waals surface area (Å²) in [5, 5.41) is 0. The van der Waals surface area contributed by atoms with Gasteiger partial charge in [-0.25, -0.2) is 43.9 Å². The number of alkyl halides is 6. The van der Waals surface area contributed by atoms with Gasteiger partial charge in [0.05, 0.1) is 18.1 Å². The highest BCUT2D eigenvalue weighted by Gasteiger charge is 2.73. The van der Waals surface area contributed by atoms with Gasteiger partial charge in [-0.1, -0.05) is 17.3 Å². The molecule has 0 atom stereocenters. The number of nitrogens with one attached hydrogen (secondary N) is 1. The maximum atomic E-state index is 14.7. The van der Waals surface area contributed by atoms with Gasteiger partial charge >= 0.3 is 12.4 Å². The van der Waals surface area contributed by atoms with E-state index in [0.717, 1.165) is 0 Å². The predicted molar refractivity (Wildman–Crippen MR) is 136 cm³/mol. The van der Waals surface area contributed by atoms with Crippen molar-refractivity contribution >= 4 is 17.3 Å². The van der Waals surface area contributed by atoms with Crippen LogP contribution in [0.15, 0.2) is 0 Å². The van der Waals surface area contributed by atoms with E-state index in [2.05, 4.69) is 39.4 Å². The number of hydrogen-bond donors (Lipinski definition) is 1. The minimum absolute atomic E-state index is 0.488. The predicted octanol–water partition coefficient (Wildman–Crippen LogP) is 7.05. The number of piperidine rings is 1. The van der Waals surface area contributed by atoms with Gasteiger partial charge in [-0.2, -0.15) is 26.3 Å². The first-order valence-electron chi connectivity index (χ1n) is 14.0. The molecule has 2 aromatic carbocycles. The minimum atomic E-state index is -6.63. The molecule has 0 amide bonds. The van der Waals surface area contributed by atoms with Crippen LogP contribution in [0.1, 0.15) is 59.8 Å². The van der Waals surface area contributed by atoms with E-state index in [-0.39, 0.29) is 0 Å². The Morgan fingerprint density at radius 1 is 0.511 bits per heavy atom. The topological polar surface area (TPSA) is 13.7 Å². The van der Waals surface area contributed by atoms with Crippen LogP contribution in [0.25, 0.3) is 0 Å². The fourth-order valence-corrected chi connectivity index (χ4v) is 6.55. The number of benzene rings is 2. The second kappa shape index (κ2) is 12.3. The normalized spacial score (nSPS) is 20.9. The van der Waals surface area contributed by atoms with Crippen LogP contribution in [0, 0.1) is 58.2 Å². The Morgan fingerprint density at radius 3 is 1.09 bits per heavy atom. The van der Waals surface area contributed by atoms with Gasteiger partial charge in [0, 0.05) is 12.8 Å². The molecule has 0 radical (unpaired) electrons. The maximum Gasteiger partial charge on any atom is 0.422 e. The molecule has 19 heteroatoms. The highest BCUT2D eigenvalue weighted by molar-refractivity contribution is 6.97. The zero-order valence-corrected chi connectivity index (χ0v) is 25.3. The molecule has 2 aromatic rings. The molecule has 0 aliphatic carbocycles. The average molecular weight is 709 g/mol. The summed E-state index contributed by atoms with van der Waals surface area (Å²) >= 11 is 0. The van der Waals surface area contributed by atoms with Crippen LogP contribution < -0.4 is 15.8 Å². The third-order valence-corrected chi connectivity index (χ3v) is 9.51. The number of rotatable bonds is 2. The summed E-state index contributed by atoms with van der Waals surface area (Å²) in [7, 11) is 2.33. The van der Waals surface area contributed by atoms with E-state index in [1.54, 1.807) is 4.90 Å². The SMILES string of the molecule is C[NH+]1C(C)(C)CCCC1(C)C.Fc1c(F)c(F)c([B-]2(c3c(F)c(F)c(F)c(F)c3F)CCCC(C(F)(F)F)(C(F)(F)F)O2)c(F)c1F. The molecule has 2 aliphatic rings. The van der Waals surface area contributed by atoms with Gasteiger partial charge in [0.25, 0.3) is 0 Å². The van der Waals surface area contributed by atoms with E-state index in [1.807, 2.05) is 0 Å². The van der Waals surface area contributed by atoms with Gasteiger partial charge in [0.15, 0.2) is 41.3 Å². The van der Waals surface area contributed by atoms with E-state index >= 15 is 0 Å². The molecule has 0 saturated carbocycles. The standard InChI is InChI=1S/C18H6BF16O.C10H21N/c20-6-4(7(21)11(25)14(28)10(6)24)19(5-8(22)12(26)15(29)13(27)9(5)23)3-1-2-16(36-19,17(30,31)32)18(33,34)35;1-9(2)7-6-8-10(3,4)11(9)5/h1-3H2;6-8H2,1-5H3/q-1;/p+1. The lowest BCUT2D eigenvalue weighted by Crippen LogP contribution is -3.24. The smallest absolute Gasteiger partial charge is 0.422 e. The molecule has 0 bridgehead atoms. The van der Waals surface area contributed by atoms with Crippen molar-refractivity contribution in [1.82, 2.24) is 0 Å². The first kappa shape index (κ1) is 38.8. The lowest BCUT2D eigenvalue weighted by atomic mass is 9.27. The minimum Gasteiger partial charge on any atom is -0.564 e. The Morgan fingerprint density at radius 2 is 0.809 bits per heavy atom. The van der Waals surface area contributed by atoms with Crippen molar-refractivity contribution in [3.8, 4) is 0 Å². The number of halogens is 16. The first-order valence-corrected chi connectivity index (χ1v) is 14.0. The molecule has 1 N–H and O–H groups in total. The zero-order chi connectivity index (χ0) is 36.5. The third kappa shape index (κ3) is 6.18. The molecule has 0 spiro atoms. The summed E-state index contributed by atoms with van der Waals surface area (Å²) < 4.78 is 227. The molecule has 2 fully saturated rings. The van der Waals surface area contributed by atoms with E-state index in [4.69, 9.17) is 0 Å². The molecule has 4 rings (SSSR count). The summed E-state index contributed by atoms with van der Waals surface area (Å²) in [5.74, 6) is -30.9. The van der Waals surface area contributed by atoms with Crippen LogP contribution in [0.2, 0.25) is 6.32 Å². The highest BCUT2D eigenvalue weighted by Crippen LogP contribution is 2.53. The van der Waals surface area contributed by atoms with E-state index in [1.165, 1.54) is 19.3 Å². The molecule has 2 aliphatic heterocycles. The number of quaternary nitrogens is 1. The highest BCUT2D eigenvalue weighted by atomic mass is 19.4. The fraction of sp³-hybridized carbons (Fsp3) is 0.571. The van der Waals surface area contributed by atoms with Crippen LogP contribution in [0.4, 0.5) is 70.2 Å². The van der Waals surface area contributed by atoms with Crippen LogP contribution in [-0.4, -0.2) is 42.4 Å². The monoisotopic (exact) mass is 709 g/mol. The van der Waals surface area contributed by atoms with Crippen molar-refractivity contribution < 1.29 is 79.8 Å². The third-order valence-electron chi connectivity index (χ3n) is 9.51. The van der Waals surface area contributed by atoms with Crippen molar-refractivity contribution in [3.05, 3.63) is 58.2 Å². The molecule has 2 nitrogen and oxygen atoms in total. The molecule has 0 aromatic heterocycles. The van der Waals surface area contributed by atoms with E-state index in [9.17, 15) is 70.2 Å². The first-order chi connectivity index (χ1) is 21.1. The summed E-state index contributed by atoms with van der Waals surface area (Å²) in [6, 6.07) is 0. The number of hydrogen-bond acceptors (Lipinski definition) is 1. The van der Waals surface area contributed by atoms with Gasteiger partial charge in [-0.3, -0.25) is 0 Å². The molecule has 2 heterocycles. The average Bonchev–Trinajstić information content (AvgIpc) is 2.95. The summed E-state index contributed by atoms with van der Waals surface area (Å²) in [6.45, 7) is 9.51. The largest absolute Gasteiger partial charge is 0.564 e. The van der Waals surface area contributed by atoms with Crippen molar-refractivity contribution in [2.75, 3.05) is 7.05 Å². The molecule has 2 saturated heterocycles. The zero-order valence-electron chi connectivity index (χ0n) is 25.3. The molecular formula is C28H28BF16NO. The summed E-state index contributed by atoms with van der Waals surface area (Å²) in [4.78, 5) is 1.69. The van der Waals surface area contributed by atoms with Gasteiger partial charge in [-0.15, -0.1) is 6.32 Å². The molecule has 266 valence electrons. The van der Waals surface area contributed by atoms with Gasteiger partial charge in [-0.05, 0) is 40.5 Å². The Kier molecular flexibility index (Phi) is 10.2. The van der Waals surface area contributed by atoms with Crippen LogP contribution >= 0.6 is 0 Å². The molecule has 0 unspecified atom stereocenters. The van der Waals surface area contributed by atoms with Crippen molar-refractivity contribution in [2.45, 2.75) is 95.2 Å². The van der Waals surface area contributed by atoms with E-state index < -0.39 is 113 Å². The Bertz CT molecular complexity index is 1380. The summed E-state index contributed by atoms with van der Waals surface area (Å²) in [5.41, 5.74) is -10.2. The maximum absolute atomic E-state index is 14.7. The van der Waals surface area contributed by atoms with Crippen molar-refractivity contribution in [3.63, 3.8) is 0 Å². The van der Waals surface area contributed by atoms with E-state index in [0.29, 0.717) is 11.1 Å².